The lowest BCUT2D eigenvalue weighted by atomic mass is 10.2. The zero-order chi connectivity index (χ0) is 12.4. The molecule has 0 bridgehead atoms. The third kappa shape index (κ3) is 6.59. The van der Waals surface area contributed by atoms with E-state index in [4.69, 9.17) is 0 Å². The van der Waals surface area contributed by atoms with E-state index in [1.165, 1.54) is 7.11 Å². The average Bonchev–Trinajstić information content (AvgIpc) is 2.31. The second-order valence-corrected chi connectivity index (χ2v) is 2.96. The van der Waals surface area contributed by atoms with Crippen molar-refractivity contribution in [1.82, 2.24) is 5.32 Å². The highest BCUT2D eigenvalue weighted by Crippen LogP contribution is 1.96. The van der Waals surface area contributed by atoms with Crippen LogP contribution in [0.5, 0.6) is 0 Å². The summed E-state index contributed by atoms with van der Waals surface area (Å²) in [7, 11) is 1.30. The summed E-state index contributed by atoms with van der Waals surface area (Å²) < 4.78 is 4.44. The van der Waals surface area contributed by atoms with Crippen LogP contribution in [-0.4, -0.2) is 19.0 Å². The normalized spacial score (nSPS) is 11.2. The van der Waals surface area contributed by atoms with Gasteiger partial charge in [-0.2, -0.15) is 0 Å². The Morgan fingerprint density at radius 3 is 2.56 bits per heavy atom. The molecule has 0 aromatic rings. The predicted octanol–water partition coefficient (Wildman–Crippen LogP) is 1.70. The molecule has 0 aromatic heterocycles. The third-order valence-corrected chi connectivity index (χ3v) is 1.79. The molecule has 1 amide bonds. The maximum absolute atomic E-state index is 11.4. The zero-order valence-electron chi connectivity index (χ0n) is 9.66. The fourth-order valence-electron chi connectivity index (χ4n) is 0.923. The van der Waals surface area contributed by atoms with Gasteiger partial charge in [-0.1, -0.05) is 24.8 Å². The van der Waals surface area contributed by atoms with Crippen LogP contribution in [0, 0.1) is 0 Å². The lowest BCUT2D eigenvalue weighted by Gasteiger charge is -2.04. The van der Waals surface area contributed by atoms with E-state index in [0.717, 1.165) is 0 Å². The van der Waals surface area contributed by atoms with Gasteiger partial charge in [0.1, 0.15) is 0 Å². The first kappa shape index (κ1) is 14.2. The highest BCUT2D eigenvalue weighted by atomic mass is 16.5. The number of allylic oxidation sites excluding steroid dienone is 4. The highest BCUT2D eigenvalue weighted by Gasteiger charge is 2.06. The molecule has 0 atom stereocenters. The first-order chi connectivity index (χ1) is 7.63. The lowest BCUT2D eigenvalue weighted by Crippen LogP contribution is -2.22. The van der Waals surface area contributed by atoms with Crippen molar-refractivity contribution in [2.24, 2.45) is 0 Å². The zero-order valence-corrected chi connectivity index (χ0v) is 9.66. The Kier molecular flexibility index (Phi) is 7.49. The number of esters is 1. The smallest absolute Gasteiger partial charge is 0.306 e. The summed E-state index contributed by atoms with van der Waals surface area (Å²) in [6.45, 7) is 5.34. The van der Waals surface area contributed by atoms with Crippen molar-refractivity contribution in [3.63, 3.8) is 0 Å². The van der Waals surface area contributed by atoms with Crippen LogP contribution < -0.4 is 5.32 Å². The summed E-state index contributed by atoms with van der Waals surface area (Å²) in [5.41, 5.74) is 0.676. The maximum atomic E-state index is 11.4. The van der Waals surface area contributed by atoms with E-state index in [1.54, 1.807) is 24.3 Å². The van der Waals surface area contributed by atoms with Crippen LogP contribution in [0.15, 0.2) is 36.6 Å². The molecule has 0 unspecified atom stereocenters. The SMILES string of the molecule is C=C/C=C\C(=C/C)NC(=O)CCC(=O)OC. The van der Waals surface area contributed by atoms with Gasteiger partial charge < -0.3 is 10.1 Å². The average molecular weight is 223 g/mol. The summed E-state index contributed by atoms with van der Waals surface area (Å²) in [5, 5.41) is 2.66. The number of methoxy groups -OCH3 is 1. The molecule has 0 saturated carbocycles. The molecular formula is C12H17NO3. The Bertz CT molecular complexity index is 316. The molecule has 1 N–H and O–H groups in total. The number of amides is 1. The first-order valence-electron chi connectivity index (χ1n) is 4.96. The van der Waals surface area contributed by atoms with Crippen molar-refractivity contribution in [1.29, 1.82) is 0 Å². The van der Waals surface area contributed by atoms with Gasteiger partial charge in [0, 0.05) is 12.1 Å². The van der Waals surface area contributed by atoms with Gasteiger partial charge >= 0.3 is 5.97 Å². The van der Waals surface area contributed by atoms with Crippen LogP contribution in [0.25, 0.3) is 0 Å². The molecule has 16 heavy (non-hydrogen) atoms. The number of nitrogens with one attached hydrogen (secondary N) is 1. The van der Waals surface area contributed by atoms with Crippen molar-refractivity contribution >= 4 is 11.9 Å². The Morgan fingerprint density at radius 1 is 1.38 bits per heavy atom. The monoisotopic (exact) mass is 223 g/mol. The van der Waals surface area contributed by atoms with Gasteiger partial charge in [0.2, 0.25) is 5.91 Å². The van der Waals surface area contributed by atoms with E-state index < -0.39 is 0 Å². The Balaban J connectivity index is 4.07. The quantitative estimate of drug-likeness (QED) is 0.551. The molecule has 0 rings (SSSR count). The molecule has 0 aromatic carbocycles. The Labute approximate surface area is 95.7 Å². The summed E-state index contributed by atoms with van der Waals surface area (Å²) >= 11 is 0. The minimum atomic E-state index is -0.390. The molecular weight excluding hydrogens is 206 g/mol. The van der Waals surface area contributed by atoms with E-state index in [9.17, 15) is 9.59 Å². The molecule has 0 aliphatic rings. The molecule has 88 valence electrons. The van der Waals surface area contributed by atoms with Crippen molar-refractivity contribution < 1.29 is 14.3 Å². The van der Waals surface area contributed by atoms with Crippen molar-refractivity contribution in [2.45, 2.75) is 19.8 Å². The largest absolute Gasteiger partial charge is 0.469 e. The summed E-state index contributed by atoms with van der Waals surface area (Å²) in [5.74, 6) is -0.606. The summed E-state index contributed by atoms with van der Waals surface area (Å²) in [4.78, 5) is 22.2. The Hall–Kier alpha value is -1.84. The molecule has 0 spiro atoms. The van der Waals surface area contributed by atoms with Crippen molar-refractivity contribution in [3.05, 3.63) is 36.6 Å². The van der Waals surface area contributed by atoms with Crippen LogP contribution in [0.2, 0.25) is 0 Å². The predicted molar refractivity (Wildman–Crippen MR) is 62.5 cm³/mol. The van der Waals surface area contributed by atoms with E-state index in [1.807, 2.05) is 6.92 Å². The van der Waals surface area contributed by atoms with Crippen LogP contribution in [0.4, 0.5) is 0 Å². The molecule has 0 radical (unpaired) electrons. The minimum Gasteiger partial charge on any atom is -0.469 e. The van der Waals surface area contributed by atoms with Crippen molar-refractivity contribution in [2.75, 3.05) is 7.11 Å². The molecule has 4 heteroatoms. The highest BCUT2D eigenvalue weighted by molar-refractivity contribution is 5.82. The number of rotatable bonds is 6. The van der Waals surface area contributed by atoms with Gasteiger partial charge in [-0.3, -0.25) is 9.59 Å². The number of carbonyl (C=O) groups excluding carboxylic acids is 2. The topological polar surface area (TPSA) is 55.4 Å². The van der Waals surface area contributed by atoms with E-state index in [2.05, 4.69) is 16.6 Å². The van der Waals surface area contributed by atoms with Gasteiger partial charge in [0.05, 0.1) is 13.5 Å². The van der Waals surface area contributed by atoms with Crippen LogP contribution in [-0.2, 0) is 14.3 Å². The van der Waals surface area contributed by atoms with Gasteiger partial charge in [-0.05, 0) is 13.0 Å². The van der Waals surface area contributed by atoms with Gasteiger partial charge in [0.15, 0.2) is 0 Å². The fourth-order valence-corrected chi connectivity index (χ4v) is 0.923. The van der Waals surface area contributed by atoms with Crippen molar-refractivity contribution in [3.8, 4) is 0 Å². The second-order valence-electron chi connectivity index (χ2n) is 2.96. The van der Waals surface area contributed by atoms with Crippen LogP contribution >= 0.6 is 0 Å². The summed E-state index contributed by atoms with van der Waals surface area (Å²) in [6, 6.07) is 0. The van der Waals surface area contributed by atoms with Gasteiger partial charge in [0.25, 0.3) is 0 Å². The number of carbonyl (C=O) groups is 2. The molecule has 4 nitrogen and oxygen atoms in total. The lowest BCUT2D eigenvalue weighted by molar-refractivity contribution is -0.142. The first-order valence-corrected chi connectivity index (χ1v) is 4.96. The fraction of sp³-hybridized carbons (Fsp3) is 0.333. The van der Waals surface area contributed by atoms with Gasteiger partial charge in [-0.15, -0.1) is 0 Å². The minimum absolute atomic E-state index is 0.0878. The number of hydrogen-bond acceptors (Lipinski definition) is 3. The molecule has 0 saturated heterocycles. The number of ether oxygens (including phenoxy) is 1. The van der Waals surface area contributed by atoms with E-state index in [-0.39, 0.29) is 24.7 Å². The van der Waals surface area contributed by atoms with E-state index >= 15 is 0 Å². The Morgan fingerprint density at radius 2 is 2.06 bits per heavy atom. The number of hydrogen-bond donors (Lipinski definition) is 1. The molecule has 0 fully saturated rings. The second kappa shape index (κ2) is 8.47. The molecule has 0 heterocycles. The standard InChI is InChI=1S/C12H17NO3/c1-4-6-7-10(5-2)13-11(14)8-9-12(15)16-3/h4-7H,1,8-9H2,2-3H3,(H,13,14)/b7-6-,10-5+. The maximum Gasteiger partial charge on any atom is 0.306 e. The molecule has 0 aliphatic carbocycles. The van der Waals surface area contributed by atoms with Gasteiger partial charge in [-0.25, -0.2) is 0 Å². The summed E-state index contributed by atoms with van der Waals surface area (Å²) in [6.07, 6.45) is 7.02. The molecule has 0 aliphatic heterocycles. The van der Waals surface area contributed by atoms with Crippen LogP contribution in [0.1, 0.15) is 19.8 Å². The van der Waals surface area contributed by atoms with Crippen LogP contribution in [0.3, 0.4) is 0 Å². The van der Waals surface area contributed by atoms with E-state index in [0.29, 0.717) is 5.70 Å². The third-order valence-electron chi connectivity index (χ3n) is 1.79.